The van der Waals surface area contributed by atoms with E-state index in [1.54, 1.807) is 18.2 Å². The van der Waals surface area contributed by atoms with Crippen LogP contribution in [0.2, 0.25) is 10.0 Å². The Morgan fingerprint density at radius 1 is 1.31 bits per heavy atom. The number of alkyl halides is 2. The first-order valence-corrected chi connectivity index (χ1v) is 5.71. The van der Waals surface area contributed by atoms with Crippen molar-refractivity contribution < 1.29 is 8.78 Å². The van der Waals surface area contributed by atoms with Gasteiger partial charge in [0.1, 0.15) is 0 Å². The van der Waals surface area contributed by atoms with Crippen LogP contribution in [-0.2, 0) is 6.42 Å². The molecule has 0 aliphatic heterocycles. The van der Waals surface area contributed by atoms with Gasteiger partial charge in [-0.05, 0) is 37.6 Å². The average molecular weight is 268 g/mol. The molecule has 0 heterocycles. The minimum Gasteiger partial charge on any atom is -0.309 e. The highest BCUT2D eigenvalue weighted by Gasteiger charge is 2.13. The molecule has 0 bridgehead atoms. The highest BCUT2D eigenvalue weighted by Crippen LogP contribution is 2.21. The summed E-state index contributed by atoms with van der Waals surface area (Å²) in [5.41, 5.74) is 0.903. The van der Waals surface area contributed by atoms with Gasteiger partial charge >= 0.3 is 0 Å². The molecular formula is C11H13Cl2F2N. The molecule has 0 spiro atoms. The van der Waals surface area contributed by atoms with Crippen molar-refractivity contribution in [2.45, 2.75) is 25.8 Å². The minimum atomic E-state index is -2.35. The van der Waals surface area contributed by atoms with Gasteiger partial charge in [-0.25, -0.2) is 8.78 Å². The summed E-state index contributed by atoms with van der Waals surface area (Å²) < 4.78 is 24.4. The summed E-state index contributed by atoms with van der Waals surface area (Å²) in [5, 5.41) is 3.87. The van der Waals surface area contributed by atoms with Crippen molar-refractivity contribution in [3.63, 3.8) is 0 Å². The van der Waals surface area contributed by atoms with Crippen molar-refractivity contribution in [3.8, 4) is 0 Å². The molecule has 1 aromatic rings. The molecule has 16 heavy (non-hydrogen) atoms. The fourth-order valence-electron chi connectivity index (χ4n) is 1.25. The fourth-order valence-corrected chi connectivity index (χ4v) is 1.75. The van der Waals surface area contributed by atoms with E-state index in [1.807, 2.05) is 0 Å². The Labute approximate surface area is 104 Å². The van der Waals surface area contributed by atoms with Crippen molar-refractivity contribution in [3.05, 3.63) is 33.8 Å². The molecule has 0 amide bonds. The van der Waals surface area contributed by atoms with Gasteiger partial charge < -0.3 is 5.32 Å². The van der Waals surface area contributed by atoms with Crippen LogP contribution in [0, 0.1) is 0 Å². The monoisotopic (exact) mass is 267 g/mol. The zero-order valence-corrected chi connectivity index (χ0v) is 10.3. The lowest BCUT2D eigenvalue weighted by Crippen LogP contribution is -2.34. The first-order valence-electron chi connectivity index (χ1n) is 4.96. The summed E-state index contributed by atoms with van der Waals surface area (Å²) in [4.78, 5) is 0. The summed E-state index contributed by atoms with van der Waals surface area (Å²) in [6, 6.07) is 4.39. The van der Waals surface area contributed by atoms with E-state index in [0.29, 0.717) is 23.0 Å². The lowest BCUT2D eigenvalue weighted by atomic mass is 10.1. The number of hydrogen-bond acceptors (Lipinski definition) is 1. The van der Waals surface area contributed by atoms with Crippen LogP contribution in [0.1, 0.15) is 12.5 Å². The first kappa shape index (κ1) is 13.7. The topological polar surface area (TPSA) is 12.0 Å². The predicted octanol–water partition coefficient (Wildman–Crippen LogP) is 3.78. The number of hydrogen-bond donors (Lipinski definition) is 1. The van der Waals surface area contributed by atoms with Gasteiger partial charge in [-0.15, -0.1) is 0 Å². The number of rotatable bonds is 5. The van der Waals surface area contributed by atoms with E-state index < -0.39 is 12.5 Å². The second kappa shape index (κ2) is 6.38. The second-order valence-electron chi connectivity index (χ2n) is 3.56. The molecule has 0 radical (unpaired) electrons. The molecule has 1 unspecified atom stereocenters. The highest BCUT2D eigenvalue weighted by molar-refractivity contribution is 6.35. The van der Waals surface area contributed by atoms with Crippen LogP contribution in [0.15, 0.2) is 18.2 Å². The molecule has 0 aromatic heterocycles. The van der Waals surface area contributed by atoms with Crippen LogP contribution in [0.3, 0.4) is 0 Å². The highest BCUT2D eigenvalue weighted by atomic mass is 35.5. The van der Waals surface area contributed by atoms with Crippen LogP contribution in [0.25, 0.3) is 0 Å². The Morgan fingerprint density at radius 2 is 2.00 bits per heavy atom. The van der Waals surface area contributed by atoms with Crippen LogP contribution in [0.4, 0.5) is 8.78 Å². The summed E-state index contributed by atoms with van der Waals surface area (Å²) in [6.45, 7) is 1.92. The summed E-state index contributed by atoms with van der Waals surface area (Å²) in [5.74, 6) is 0. The Bertz CT molecular complexity index is 345. The van der Waals surface area contributed by atoms with Crippen molar-refractivity contribution >= 4 is 23.2 Å². The van der Waals surface area contributed by atoms with Gasteiger partial charge in [0.15, 0.2) is 0 Å². The predicted molar refractivity (Wildman–Crippen MR) is 63.6 cm³/mol. The van der Waals surface area contributed by atoms with Crippen LogP contribution in [0.5, 0.6) is 0 Å². The fraction of sp³-hybridized carbons (Fsp3) is 0.455. The average Bonchev–Trinajstić information content (AvgIpc) is 2.20. The SMILES string of the molecule is CC(NCCc1ccc(Cl)cc1Cl)C(F)F. The van der Waals surface area contributed by atoms with Crippen molar-refractivity contribution in [2.24, 2.45) is 0 Å². The van der Waals surface area contributed by atoms with Gasteiger partial charge in [0, 0.05) is 10.0 Å². The third-order valence-corrected chi connectivity index (χ3v) is 2.84. The van der Waals surface area contributed by atoms with E-state index in [2.05, 4.69) is 5.32 Å². The maximum absolute atomic E-state index is 12.2. The number of benzene rings is 1. The maximum Gasteiger partial charge on any atom is 0.253 e. The maximum atomic E-state index is 12.2. The first-order chi connectivity index (χ1) is 7.50. The van der Waals surface area contributed by atoms with Gasteiger partial charge in [0.25, 0.3) is 6.43 Å². The quantitative estimate of drug-likeness (QED) is 0.856. The largest absolute Gasteiger partial charge is 0.309 e. The van der Waals surface area contributed by atoms with Gasteiger partial charge in [-0.2, -0.15) is 0 Å². The van der Waals surface area contributed by atoms with Crippen molar-refractivity contribution in [2.75, 3.05) is 6.54 Å². The van der Waals surface area contributed by atoms with Gasteiger partial charge in [0.05, 0.1) is 6.04 Å². The van der Waals surface area contributed by atoms with Gasteiger partial charge in [-0.3, -0.25) is 0 Å². The molecule has 0 aliphatic rings. The standard InChI is InChI=1S/C11H13Cl2F2N/c1-7(11(14)15)16-5-4-8-2-3-9(12)6-10(8)13/h2-3,6-7,11,16H,4-5H2,1H3. The Hall–Kier alpha value is -0.380. The molecule has 1 N–H and O–H groups in total. The molecule has 5 heteroatoms. The molecule has 1 atom stereocenters. The molecule has 0 saturated carbocycles. The third-order valence-electron chi connectivity index (χ3n) is 2.25. The molecule has 0 aliphatic carbocycles. The smallest absolute Gasteiger partial charge is 0.253 e. The number of nitrogens with one attached hydrogen (secondary N) is 1. The molecule has 0 saturated heterocycles. The van der Waals surface area contributed by atoms with E-state index in [4.69, 9.17) is 23.2 Å². The third kappa shape index (κ3) is 4.24. The Balaban J connectivity index is 2.43. The number of halogens is 4. The zero-order chi connectivity index (χ0) is 12.1. The van der Waals surface area contributed by atoms with Gasteiger partial charge in [0.2, 0.25) is 0 Å². The Kier molecular flexibility index (Phi) is 5.46. The molecule has 1 rings (SSSR count). The van der Waals surface area contributed by atoms with Crippen LogP contribution < -0.4 is 5.32 Å². The van der Waals surface area contributed by atoms with E-state index in [0.717, 1.165) is 5.56 Å². The molecule has 1 aromatic carbocycles. The lowest BCUT2D eigenvalue weighted by molar-refractivity contribution is 0.106. The summed E-state index contributed by atoms with van der Waals surface area (Å²) >= 11 is 11.7. The van der Waals surface area contributed by atoms with Crippen molar-refractivity contribution in [1.82, 2.24) is 5.32 Å². The summed E-state index contributed by atoms with van der Waals surface area (Å²) in [6.07, 6.45) is -1.74. The van der Waals surface area contributed by atoms with E-state index in [9.17, 15) is 8.78 Å². The van der Waals surface area contributed by atoms with E-state index >= 15 is 0 Å². The van der Waals surface area contributed by atoms with Crippen LogP contribution in [-0.4, -0.2) is 19.0 Å². The molecule has 90 valence electrons. The molecule has 1 nitrogen and oxygen atoms in total. The molecular weight excluding hydrogens is 255 g/mol. The zero-order valence-electron chi connectivity index (χ0n) is 8.81. The lowest BCUT2D eigenvalue weighted by Gasteiger charge is -2.12. The Morgan fingerprint density at radius 3 is 2.56 bits per heavy atom. The van der Waals surface area contributed by atoms with E-state index in [-0.39, 0.29) is 0 Å². The van der Waals surface area contributed by atoms with E-state index in [1.165, 1.54) is 6.92 Å². The second-order valence-corrected chi connectivity index (χ2v) is 4.41. The van der Waals surface area contributed by atoms with Gasteiger partial charge in [-0.1, -0.05) is 29.3 Å². The normalized spacial score (nSPS) is 13.1. The molecule has 0 fully saturated rings. The van der Waals surface area contributed by atoms with Crippen LogP contribution >= 0.6 is 23.2 Å². The van der Waals surface area contributed by atoms with Crippen molar-refractivity contribution in [1.29, 1.82) is 0 Å². The minimum absolute atomic E-state index is 0.465. The summed E-state index contributed by atoms with van der Waals surface area (Å²) in [7, 11) is 0.